The maximum atomic E-state index is 12.8. The molecule has 0 radical (unpaired) electrons. The summed E-state index contributed by atoms with van der Waals surface area (Å²) in [4.78, 5) is 17.4. The van der Waals surface area contributed by atoms with Crippen LogP contribution >= 0.6 is 23.8 Å². The molecule has 0 spiro atoms. The number of benzene rings is 3. The molecule has 2 N–H and O–H groups in total. The molecular weight excluding hydrogens is 462 g/mol. The SMILES string of the molecule is COc1cccc(OC)c1C(=O)NC(=S)Nc1ccc(Cl)c(-c2nc3cc(C)ccc3o2)c1. The van der Waals surface area contributed by atoms with Crippen LogP contribution in [0.3, 0.4) is 0 Å². The van der Waals surface area contributed by atoms with Gasteiger partial charge in [0.05, 0.1) is 24.8 Å². The topological polar surface area (TPSA) is 85.6 Å². The van der Waals surface area contributed by atoms with Gasteiger partial charge in [-0.2, -0.15) is 0 Å². The molecule has 1 amide bonds. The van der Waals surface area contributed by atoms with E-state index in [0.29, 0.717) is 39.2 Å². The Bertz CT molecular complexity index is 1350. The van der Waals surface area contributed by atoms with Crippen molar-refractivity contribution in [1.82, 2.24) is 10.3 Å². The third kappa shape index (κ3) is 4.76. The van der Waals surface area contributed by atoms with E-state index in [1.54, 1.807) is 36.4 Å². The fourth-order valence-electron chi connectivity index (χ4n) is 3.32. The molecule has 1 heterocycles. The van der Waals surface area contributed by atoms with Crippen molar-refractivity contribution in [3.05, 3.63) is 70.7 Å². The van der Waals surface area contributed by atoms with E-state index in [1.165, 1.54) is 14.2 Å². The number of thiocarbonyl (C=S) groups is 1. The van der Waals surface area contributed by atoms with Crippen LogP contribution in [0.1, 0.15) is 15.9 Å². The molecule has 168 valence electrons. The maximum absolute atomic E-state index is 12.8. The zero-order valence-electron chi connectivity index (χ0n) is 18.1. The molecule has 0 bridgehead atoms. The number of ether oxygens (including phenoxy) is 2. The van der Waals surface area contributed by atoms with E-state index in [2.05, 4.69) is 15.6 Å². The fraction of sp³-hybridized carbons (Fsp3) is 0.125. The predicted molar refractivity (Wildman–Crippen MR) is 132 cm³/mol. The number of nitrogens with one attached hydrogen (secondary N) is 2. The van der Waals surface area contributed by atoms with E-state index < -0.39 is 5.91 Å². The third-order valence-electron chi connectivity index (χ3n) is 4.88. The first kappa shape index (κ1) is 22.6. The molecule has 0 aliphatic heterocycles. The number of anilines is 1. The van der Waals surface area contributed by atoms with Crippen molar-refractivity contribution in [3.8, 4) is 23.0 Å². The Morgan fingerprint density at radius 1 is 1.06 bits per heavy atom. The molecule has 0 fully saturated rings. The molecule has 0 saturated carbocycles. The summed E-state index contributed by atoms with van der Waals surface area (Å²) in [7, 11) is 2.95. The van der Waals surface area contributed by atoms with Crippen molar-refractivity contribution in [2.45, 2.75) is 6.92 Å². The van der Waals surface area contributed by atoms with Crippen LogP contribution in [-0.4, -0.2) is 30.2 Å². The van der Waals surface area contributed by atoms with Gasteiger partial charge in [0.15, 0.2) is 10.7 Å². The highest BCUT2D eigenvalue weighted by Gasteiger charge is 2.19. The van der Waals surface area contributed by atoms with Crippen molar-refractivity contribution >= 4 is 51.6 Å². The lowest BCUT2D eigenvalue weighted by atomic mass is 10.1. The van der Waals surface area contributed by atoms with Gasteiger partial charge in [-0.3, -0.25) is 10.1 Å². The third-order valence-corrected chi connectivity index (χ3v) is 5.41. The van der Waals surface area contributed by atoms with E-state index in [1.807, 2.05) is 25.1 Å². The van der Waals surface area contributed by atoms with Crippen molar-refractivity contribution < 1.29 is 18.7 Å². The Balaban J connectivity index is 1.55. The Labute approximate surface area is 200 Å². The number of fused-ring (bicyclic) bond motifs is 1. The summed E-state index contributed by atoms with van der Waals surface area (Å²) in [5.74, 6) is 0.660. The maximum Gasteiger partial charge on any atom is 0.264 e. The number of aryl methyl sites for hydroxylation is 1. The van der Waals surface area contributed by atoms with Crippen molar-refractivity contribution in [3.63, 3.8) is 0 Å². The normalized spacial score (nSPS) is 10.7. The molecule has 4 rings (SSSR count). The summed E-state index contributed by atoms with van der Waals surface area (Å²) in [6, 6.07) is 16.0. The summed E-state index contributed by atoms with van der Waals surface area (Å²) >= 11 is 11.7. The number of methoxy groups -OCH3 is 2. The summed E-state index contributed by atoms with van der Waals surface area (Å²) in [6.07, 6.45) is 0. The lowest BCUT2D eigenvalue weighted by Gasteiger charge is -2.14. The average Bonchev–Trinajstić information content (AvgIpc) is 3.22. The van der Waals surface area contributed by atoms with Gasteiger partial charge in [0.25, 0.3) is 5.91 Å². The highest BCUT2D eigenvalue weighted by Crippen LogP contribution is 2.33. The minimum absolute atomic E-state index is 0.0921. The number of hydrogen-bond donors (Lipinski definition) is 2. The molecule has 33 heavy (non-hydrogen) atoms. The average molecular weight is 482 g/mol. The summed E-state index contributed by atoms with van der Waals surface area (Å²) in [5.41, 5.74) is 3.93. The van der Waals surface area contributed by atoms with E-state index in [4.69, 9.17) is 37.7 Å². The quantitative estimate of drug-likeness (QED) is 0.359. The second-order valence-corrected chi connectivity index (χ2v) is 7.95. The van der Waals surface area contributed by atoms with E-state index in [0.717, 1.165) is 11.1 Å². The summed E-state index contributed by atoms with van der Waals surface area (Å²) in [6.45, 7) is 1.99. The zero-order chi connectivity index (χ0) is 23.5. The number of oxazole rings is 1. The number of nitrogens with zero attached hydrogens (tertiary/aromatic N) is 1. The van der Waals surface area contributed by atoms with Crippen molar-refractivity contribution in [1.29, 1.82) is 0 Å². The number of carbonyl (C=O) groups excluding carboxylic acids is 1. The number of halogens is 1. The number of amides is 1. The molecule has 4 aromatic rings. The van der Waals surface area contributed by atoms with Crippen LogP contribution in [0.4, 0.5) is 5.69 Å². The molecule has 9 heteroatoms. The van der Waals surface area contributed by atoms with Gasteiger partial charge in [-0.05, 0) is 67.2 Å². The molecule has 0 unspecified atom stereocenters. The van der Waals surface area contributed by atoms with Gasteiger partial charge in [0.2, 0.25) is 5.89 Å². The smallest absolute Gasteiger partial charge is 0.264 e. The highest BCUT2D eigenvalue weighted by molar-refractivity contribution is 7.80. The second kappa shape index (κ2) is 9.48. The van der Waals surface area contributed by atoms with Crippen LogP contribution < -0.4 is 20.1 Å². The lowest BCUT2D eigenvalue weighted by Crippen LogP contribution is -2.34. The van der Waals surface area contributed by atoms with Gasteiger partial charge in [-0.25, -0.2) is 4.98 Å². The van der Waals surface area contributed by atoms with Gasteiger partial charge in [-0.15, -0.1) is 0 Å². The monoisotopic (exact) mass is 481 g/mol. The van der Waals surface area contributed by atoms with Gasteiger partial charge in [0, 0.05) is 5.69 Å². The van der Waals surface area contributed by atoms with Crippen molar-refractivity contribution in [2.24, 2.45) is 0 Å². The van der Waals surface area contributed by atoms with Crippen LogP contribution in [0.15, 0.2) is 59.0 Å². The van der Waals surface area contributed by atoms with Crippen LogP contribution in [0, 0.1) is 6.92 Å². The van der Waals surface area contributed by atoms with Crippen LogP contribution in [0.2, 0.25) is 5.02 Å². The van der Waals surface area contributed by atoms with Gasteiger partial charge in [-0.1, -0.05) is 23.7 Å². The van der Waals surface area contributed by atoms with Gasteiger partial charge < -0.3 is 19.2 Å². The molecular formula is C24H20ClN3O4S. The molecule has 7 nitrogen and oxygen atoms in total. The highest BCUT2D eigenvalue weighted by atomic mass is 35.5. The molecule has 0 atom stereocenters. The molecule has 0 aliphatic carbocycles. The molecule has 3 aromatic carbocycles. The minimum Gasteiger partial charge on any atom is -0.496 e. The number of rotatable bonds is 5. The first-order chi connectivity index (χ1) is 15.9. The van der Waals surface area contributed by atoms with E-state index in [-0.39, 0.29) is 10.7 Å². The van der Waals surface area contributed by atoms with Crippen LogP contribution in [0.5, 0.6) is 11.5 Å². The second-order valence-electron chi connectivity index (χ2n) is 7.13. The van der Waals surface area contributed by atoms with Gasteiger partial charge >= 0.3 is 0 Å². The molecule has 0 saturated heterocycles. The van der Waals surface area contributed by atoms with Gasteiger partial charge in [0.1, 0.15) is 22.6 Å². The first-order valence-corrected chi connectivity index (χ1v) is 10.7. The summed E-state index contributed by atoms with van der Waals surface area (Å²) in [5, 5.41) is 6.19. The molecule has 1 aromatic heterocycles. The Hall–Kier alpha value is -3.62. The lowest BCUT2D eigenvalue weighted by molar-refractivity contribution is 0.0971. The summed E-state index contributed by atoms with van der Waals surface area (Å²) < 4.78 is 16.4. The number of carbonyl (C=O) groups is 1. The fourth-order valence-corrected chi connectivity index (χ4v) is 3.73. The van der Waals surface area contributed by atoms with E-state index >= 15 is 0 Å². The zero-order valence-corrected chi connectivity index (χ0v) is 19.6. The Kier molecular flexibility index (Phi) is 6.48. The largest absolute Gasteiger partial charge is 0.496 e. The molecule has 0 aliphatic rings. The van der Waals surface area contributed by atoms with Crippen LogP contribution in [-0.2, 0) is 0 Å². The standard InChI is InChI=1S/C24H20ClN3O4S/c1-13-7-10-18-17(11-13)27-23(32-18)15-12-14(8-9-16(15)25)26-24(33)28-22(29)21-19(30-2)5-4-6-20(21)31-3/h4-12H,1-3H3,(H2,26,28,29,33). The van der Waals surface area contributed by atoms with E-state index in [9.17, 15) is 4.79 Å². The van der Waals surface area contributed by atoms with Crippen molar-refractivity contribution in [2.75, 3.05) is 19.5 Å². The number of aromatic nitrogens is 1. The Morgan fingerprint density at radius 2 is 1.79 bits per heavy atom. The number of hydrogen-bond acceptors (Lipinski definition) is 6. The first-order valence-electron chi connectivity index (χ1n) is 9.90. The predicted octanol–water partition coefficient (Wildman–Crippen LogP) is 5.60. The Morgan fingerprint density at radius 3 is 2.48 bits per heavy atom. The van der Waals surface area contributed by atoms with Crippen LogP contribution in [0.25, 0.3) is 22.6 Å². The minimum atomic E-state index is -0.467.